The Labute approximate surface area is 119 Å². The highest BCUT2D eigenvalue weighted by Crippen LogP contribution is 2.47. The van der Waals surface area contributed by atoms with Crippen molar-refractivity contribution in [1.82, 2.24) is 10.2 Å². The Morgan fingerprint density at radius 2 is 1.86 bits per heavy atom. The molecule has 1 aromatic heterocycles. The van der Waals surface area contributed by atoms with Gasteiger partial charge in [-0.25, -0.2) is 0 Å². The summed E-state index contributed by atoms with van der Waals surface area (Å²) in [5, 5.41) is 7.19. The van der Waals surface area contributed by atoms with Gasteiger partial charge in [0.05, 0.1) is 16.9 Å². The first-order chi connectivity index (χ1) is 10.1. The van der Waals surface area contributed by atoms with Crippen molar-refractivity contribution in [2.45, 2.75) is 24.9 Å². The number of nitrogens with one attached hydrogen (secondary N) is 1. The van der Waals surface area contributed by atoms with Crippen LogP contribution in [0.15, 0.2) is 24.3 Å². The molecule has 0 amide bonds. The SMILES string of the molecule is FC(F)(F)c1ccccc1-c1n[nH]c2c1N1CCC2CC1. The fourth-order valence-electron chi connectivity index (χ4n) is 3.47. The maximum Gasteiger partial charge on any atom is 0.417 e. The molecule has 0 spiro atoms. The van der Waals surface area contributed by atoms with Crippen molar-refractivity contribution in [3.63, 3.8) is 0 Å². The van der Waals surface area contributed by atoms with Crippen molar-refractivity contribution in [3.8, 4) is 11.3 Å². The number of aromatic amines is 1. The van der Waals surface area contributed by atoms with Gasteiger partial charge in [0, 0.05) is 24.6 Å². The van der Waals surface area contributed by atoms with E-state index in [0.29, 0.717) is 11.6 Å². The van der Waals surface area contributed by atoms with Crippen LogP contribution in [-0.4, -0.2) is 23.3 Å². The van der Waals surface area contributed by atoms with Crippen LogP contribution in [0.3, 0.4) is 0 Å². The van der Waals surface area contributed by atoms with Crippen LogP contribution in [0.25, 0.3) is 11.3 Å². The zero-order valence-corrected chi connectivity index (χ0v) is 11.2. The van der Waals surface area contributed by atoms with Crippen LogP contribution >= 0.6 is 0 Å². The van der Waals surface area contributed by atoms with Gasteiger partial charge in [-0.2, -0.15) is 18.3 Å². The fourth-order valence-corrected chi connectivity index (χ4v) is 3.47. The molecule has 110 valence electrons. The highest BCUT2D eigenvalue weighted by Gasteiger charge is 2.39. The van der Waals surface area contributed by atoms with E-state index in [1.54, 1.807) is 6.07 Å². The average Bonchev–Trinajstić information content (AvgIpc) is 2.94. The van der Waals surface area contributed by atoms with Gasteiger partial charge in [-0.05, 0) is 18.9 Å². The lowest BCUT2D eigenvalue weighted by atomic mass is 9.86. The van der Waals surface area contributed by atoms with Gasteiger partial charge >= 0.3 is 6.18 Å². The minimum absolute atomic E-state index is 0.162. The number of hydrogen-bond donors (Lipinski definition) is 1. The first-order valence-corrected chi connectivity index (χ1v) is 7.05. The lowest BCUT2D eigenvalue weighted by molar-refractivity contribution is -0.137. The summed E-state index contributed by atoms with van der Waals surface area (Å²) in [5.41, 5.74) is 1.84. The predicted molar refractivity (Wildman–Crippen MR) is 73.2 cm³/mol. The quantitative estimate of drug-likeness (QED) is 0.867. The molecule has 3 aliphatic rings. The topological polar surface area (TPSA) is 31.9 Å². The first-order valence-electron chi connectivity index (χ1n) is 7.05. The maximum atomic E-state index is 13.2. The molecule has 2 aromatic rings. The molecule has 0 saturated carbocycles. The van der Waals surface area contributed by atoms with E-state index in [2.05, 4.69) is 15.1 Å². The number of piperidine rings is 1. The standard InChI is InChI=1S/C15H14F3N3/c16-15(17,18)11-4-2-1-3-10(11)13-14-12(19-20-13)9-5-7-21(14)8-6-9/h1-4,9H,5-8H2,(H,19,20). The van der Waals surface area contributed by atoms with Gasteiger partial charge < -0.3 is 4.90 Å². The molecule has 3 aliphatic heterocycles. The zero-order valence-electron chi connectivity index (χ0n) is 11.2. The van der Waals surface area contributed by atoms with Crippen molar-refractivity contribution in [1.29, 1.82) is 0 Å². The minimum Gasteiger partial charge on any atom is -0.368 e. The second kappa shape index (κ2) is 4.26. The summed E-state index contributed by atoms with van der Waals surface area (Å²) in [5.74, 6) is 0.407. The molecule has 21 heavy (non-hydrogen) atoms. The second-order valence-electron chi connectivity index (χ2n) is 5.64. The minimum atomic E-state index is -4.37. The lowest BCUT2D eigenvalue weighted by Gasteiger charge is -2.40. The first kappa shape index (κ1) is 12.7. The van der Waals surface area contributed by atoms with E-state index < -0.39 is 11.7 Å². The van der Waals surface area contributed by atoms with E-state index in [1.807, 2.05) is 0 Å². The van der Waals surface area contributed by atoms with Crippen molar-refractivity contribution in [2.24, 2.45) is 0 Å². The molecule has 3 nitrogen and oxygen atoms in total. The monoisotopic (exact) mass is 293 g/mol. The number of benzene rings is 1. The molecule has 0 atom stereocenters. The largest absolute Gasteiger partial charge is 0.417 e. The number of aromatic nitrogens is 2. The fraction of sp³-hybridized carbons (Fsp3) is 0.400. The molecule has 1 saturated heterocycles. The van der Waals surface area contributed by atoms with Crippen molar-refractivity contribution in [3.05, 3.63) is 35.5 Å². The molecule has 2 bridgehead atoms. The Kier molecular flexibility index (Phi) is 2.58. The Morgan fingerprint density at radius 1 is 1.14 bits per heavy atom. The van der Waals surface area contributed by atoms with Crippen LogP contribution in [0.2, 0.25) is 0 Å². The van der Waals surface area contributed by atoms with Crippen molar-refractivity contribution in [2.75, 3.05) is 18.0 Å². The molecule has 0 aliphatic carbocycles. The van der Waals surface area contributed by atoms with E-state index in [0.717, 1.165) is 43.4 Å². The Morgan fingerprint density at radius 3 is 2.57 bits per heavy atom. The highest BCUT2D eigenvalue weighted by atomic mass is 19.4. The summed E-state index contributed by atoms with van der Waals surface area (Å²) in [6, 6.07) is 5.66. The van der Waals surface area contributed by atoms with Gasteiger partial charge in [0.2, 0.25) is 0 Å². The van der Waals surface area contributed by atoms with Crippen LogP contribution in [0.4, 0.5) is 18.9 Å². The molecule has 5 rings (SSSR count). The number of anilines is 1. The lowest BCUT2D eigenvalue weighted by Crippen LogP contribution is -2.38. The van der Waals surface area contributed by atoms with E-state index in [9.17, 15) is 13.2 Å². The third-order valence-electron chi connectivity index (χ3n) is 4.47. The molecule has 1 N–H and O–H groups in total. The molecule has 6 heteroatoms. The number of nitrogens with zero attached hydrogens (tertiary/aromatic N) is 2. The number of H-pyrrole nitrogens is 1. The maximum absolute atomic E-state index is 13.2. The van der Waals surface area contributed by atoms with E-state index in [1.165, 1.54) is 12.1 Å². The molecule has 1 fully saturated rings. The van der Waals surface area contributed by atoms with Crippen molar-refractivity contribution < 1.29 is 13.2 Å². The zero-order chi connectivity index (χ0) is 14.6. The van der Waals surface area contributed by atoms with E-state index in [4.69, 9.17) is 0 Å². The molecule has 4 heterocycles. The number of fused-ring (bicyclic) bond motifs is 2. The van der Waals surface area contributed by atoms with E-state index >= 15 is 0 Å². The number of hydrogen-bond acceptors (Lipinski definition) is 2. The molecule has 0 radical (unpaired) electrons. The summed E-state index contributed by atoms with van der Waals surface area (Å²) in [6.07, 6.45) is -2.27. The molecular weight excluding hydrogens is 279 g/mol. The second-order valence-corrected chi connectivity index (χ2v) is 5.64. The summed E-state index contributed by atoms with van der Waals surface area (Å²) in [4.78, 5) is 2.15. The number of halogens is 3. The third-order valence-corrected chi connectivity index (χ3v) is 4.47. The summed E-state index contributed by atoms with van der Waals surface area (Å²) in [6.45, 7) is 1.80. The smallest absolute Gasteiger partial charge is 0.368 e. The van der Waals surface area contributed by atoms with Gasteiger partial charge in [-0.15, -0.1) is 0 Å². The highest BCUT2D eigenvalue weighted by molar-refractivity contribution is 5.81. The van der Waals surface area contributed by atoms with E-state index in [-0.39, 0.29) is 5.56 Å². The van der Waals surface area contributed by atoms with Gasteiger partial charge in [0.25, 0.3) is 0 Å². The van der Waals surface area contributed by atoms with Crippen LogP contribution in [-0.2, 0) is 6.18 Å². The number of alkyl halides is 3. The molecule has 0 unspecified atom stereocenters. The van der Waals surface area contributed by atoms with Crippen LogP contribution in [0.1, 0.15) is 30.0 Å². The van der Waals surface area contributed by atoms with Gasteiger partial charge in [-0.3, -0.25) is 5.10 Å². The summed E-state index contributed by atoms with van der Waals surface area (Å²) < 4.78 is 39.6. The normalized spacial score (nSPS) is 18.1. The van der Waals surface area contributed by atoms with Crippen molar-refractivity contribution >= 4 is 5.69 Å². The summed E-state index contributed by atoms with van der Waals surface area (Å²) >= 11 is 0. The Hall–Kier alpha value is -1.98. The van der Waals surface area contributed by atoms with Crippen LogP contribution in [0, 0.1) is 0 Å². The molecule has 1 aromatic carbocycles. The van der Waals surface area contributed by atoms with Gasteiger partial charge in [0.1, 0.15) is 5.69 Å². The predicted octanol–water partition coefficient (Wildman–Crippen LogP) is 3.79. The average molecular weight is 293 g/mol. The van der Waals surface area contributed by atoms with Crippen LogP contribution < -0.4 is 4.90 Å². The van der Waals surface area contributed by atoms with Crippen LogP contribution in [0.5, 0.6) is 0 Å². The Bertz CT molecular complexity index is 682. The van der Waals surface area contributed by atoms with Gasteiger partial charge in [0.15, 0.2) is 0 Å². The third kappa shape index (κ3) is 1.85. The number of rotatable bonds is 1. The summed E-state index contributed by atoms with van der Waals surface area (Å²) in [7, 11) is 0. The Balaban J connectivity index is 1.91. The molecular formula is C15H14F3N3. The van der Waals surface area contributed by atoms with Gasteiger partial charge in [-0.1, -0.05) is 18.2 Å².